The quantitative estimate of drug-likeness (QED) is 0.568. The Morgan fingerprint density at radius 3 is 2.74 bits per heavy atom. The summed E-state index contributed by atoms with van der Waals surface area (Å²) in [5.74, 6) is 1.51. The molecule has 0 radical (unpaired) electrons. The Kier molecular flexibility index (Phi) is 7.50. The van der Waals surface area contributed by atoms with E-state index in [0.29, 0.717) is 12.5 Å². The fourth-order valence-corrected chi connectivity index (χ4v) is 4.15. The molecule has 0 spiro atoms. The van der Waals surface area contributed by atoms with Crippen LogP contribution in [0.2, 0.25) is 5.02 Å². The number of guanidine groups is 1. The fraction of sp³-hybridized carbons (Fsp3) is 0.500. The molecule has 7 heteroatoms. The van der Waals surface area contributed by atoms with E-state index < -0.39 is 0 Å². The molecule has 2 aromatic rings. The topological polar surface area (TPSA) is 52.6 Å². The van der Waals surface area contributed by atoms with Crippen LogP contribution in [0, 0.1) is 12.8 Å². The van der Waals surface area contributed by atoms with Gasteiger partial charge in [0.2, 0.25) is 0 Å². The van der Waals surface area contributed by atoms with Crippen molar-refractivity contribution in [1.29, 1.82) is 0 Å². The number of rotatable bonds is 6. The Labute approximate surface area is 170 Å². The van der Waals surface area contributed by atoms with Gasteiger partial charge in [-0.2, -0.15) is 0 Å². The molecule has 146 valence electrons. The van der Waals surface area contributed by atoms with Crippen molar-refractivity contribution in [3.05, 3.63) is 50.9 Å². The molecule has 1 saturated heterocycles. The molecule has 2 N–H and O–H groups in total. The lowest BCUT2D eigenvalue weighted by Gasteiger charge is -2.31. The van der Waals surface area contributed by atoms with Gasteiger partial charge in [-0.25, -0.2) is 4.98 Å². The molecule has 0 aliphatic carbocycles. The second kappa shape index (κ2) is 10.1. The van der Waals surface area contributed by atoms with Crippen molar-refractivity contribution < 1.29 is 0 Å². The number of nitrogens with one attached hydrogen (secondary N) is 2. The van der Waals surface area contributed by atoms with Gasteiger partial charge in [-0.15, -0.1) is 11.3 Å². The van der Waals surface area contributed by atoms with Crippen molar-refractivity contribution in [1.82, 2.24) is 20.5 Å². The van der Waals surface area contributed by atoms with Crippen molar-refractivity contribution in [2.45, 2.75) is 32.9 Å². The highest BCUT2D eigenvalue weighted by molar-refractivity contribution is 7.09. The maximum atomic E-state index is 6.21. The zero-order valence-electron chi connectivity index (χ0n) is 16.0. The number of benzene rings is 1. The molecular formula is C20H28ClN5S. The molecule has 27 heavy (non-hydrogen) atoms. The highest BCUT2D eigenvalue weighted by Crippen LogP contribution is 2.19. The third-order valence-electron chi connectivity index (χ3n) is 4.95. The Bertz CT molecular complexity index is 752. The predicted molar refractivity (Wildman–Crippen MR) is 115 cm³/mol. The zero-order valence-corrected chi connectivity index (χ0v) is 17.6. The van der Waals surface area contributed by atoms with Gasteiger partial charge in [0, 0.05) is 37.1 Å². The smallest absolute Gasteiger partial charge is 0.191 e. The molecule has 5 nitrogen and oxygen atoms in total. The summed E-state index contributed by atoms with van der Waals surface area (Å²) in [5, 5.41) is 10.9. The van der Waals surface area contributed by atoms with Gasteiger partial charge in [0.15, 0.2) is 5.96 Å². The summed E-state index contributed by atoms with van der Waals surface area (Å²) in [5.41, 5.74) is 2.28. The maximum Gasteiger partial charge on any atom is 0.191 e. The average molecular weight is 406 g/mol. The molecule has 0 atom stereocenters. The van der Waals surface area contributed by atoms with Gasteiger partial charge in [-0.1, -0.05) is 29.8 Å². The highest BCUT2D eigenvalue weighted by atomic mass is 35.5. The number of aliphatic imine (C=N–C) groups is 1. The number of halogens is 1. The Morgan fingerprint density at radius 1 is 1.30 bits per heavy atom. The van der Waals surface area contributed by atoms with E-state index in [1.165, 1.54) is 18.5 Å². The van der Waals surface area contributed by atoms with E-state index in [0.717, 1.165) is 47.7 Å². The molecule has 0 unspecified atom stereocenters. The minimum Gasteiger partial charge on any atom is -0.356 e. The third kappa shape index (κ3) is 6.19. The van der Waals surface area contributed by atoms with Gasteiger partial charge in [-0.3, -0.25) is 9.89 Å². The summed E-state index contributed by atoms with van der Waals surface area (Å²) in [4.78, 5) is 11.4. The summed E-state index contributed by atoms with van der Waals surface area (Å²) in [7, 11) is 1.81. The molecule has 1 aromatic heterocycles. The normalized spacial score (nSPS) is 16.5. The number of aryl methyl sites for hydroxylation is 1. The van der Waals surface area contributed by atoms with Gasteiger partial charge < -0.3 is 10.6 Å². The van der Waals surface area contributed by atoms with E-state index in [1.807, 2.05) is 24.3 Å². The van der Waals surface area contributed by atoms with Crippen LogP contribution in [0.15, 0.2) is 34.6 Å². The molecule has 1 aliphatic heterocycles. The van der Waals surface area contributed by atoms with Crippen LogP contribution in [-0.2, 0) is 13.1 Å². The first-order chi connectivity index (χ1) is 13.1. The van der Waals surface area contributed by atoms with Gasteiger partial charge in [0.25, 0.3) is 0 Å². The second-order valence-electron chi connectivity index (χ2n) is 6.98. The summed E-state index contributed by atoms with van der Waals surface area (Å²) < 4.78 is 0. The monoisotopic (exact) mass is 405 g/mol. The Hall–Kier alpha value is -1.63. The molecule has 1 aromatic carbocycles. The maximum absolute atomic E-state index is 6.21. The summed E-state index contributed by atoms with van der Waals surface area (Å²) in [6, 6.07) is 7.89. The van der Waals surface area contributed by atoms with Crippen molar-refractivity contribution in [2.75, 3.05) is 26.7 Å². The van der Waals surface area contributed by atoms with E-state index in [9.17, 15) is 0 Å². The van der Waals surface area contributed by atoms with Crippen LogP contribution in [-0.4, -0.2) is 42.5 Å². The molecule has 1 fully saturated rings. The fourth-order valence-electron chi connectivity index (χ4n) is 3.34. The van der Waals surface area contributed by atoms with E-state index in [-0.39, 0.29) is 0 Å². The number of nitrogens with zero attached hydrogens (tertiary/aromatic N) is 3. The minimum absolute atomic E-state index is 0.671. The van der Waals surface area contributed by atoms with Crippen LogP contribution < -0.4 is 10.6 Å². The number of piperidine rings is 1. The van der Waals surface area contributed by atoms with Gasteiger partial charge in [0.1, 0.15) is 0 Å². The van der Waals surface area contributed by atoms with E-state index in [2.05, 4.69) is 37.8 Å². The average Bonchev–Trinajstić information content (AvgIpc) is 3.09. The lowest BCUT2D eigenvalue weighted by atomic mass is 9.97. The first kappa shape index (κ1) is 20.1. The van der Waals surface area contributed by atoms with Crippen molar-refractivity contribution in [3.8, 4) is 0 Å². The number of thiazole rings is 1. The summed E-state index contributed by atoms with van der Waals surface area (Å²) in [6.07, 6.45) is 2.41. The second-order valence-corrected chi connectivity index (χ2v) is 8.44. The van der Waals surface area contributed by atoms with Crippen LogP contribution in [0.25, 0.3) is 0 Å². The Balaban J connectivity index is 1.37. The lowest BCUT2D eigenvalue weighted by Crippen LogP contribution is -2.42. The first-order valence-corrected chi connectivity index (χ1v) is 10.7. The van der Waals surface area contributed by atoms with Gasteiger partial charge >= 0.3 is 0 Å². The standard InChI is InChI=1S/C20H28ClN5S/c1-15-25-18(14-27-15)13-26-9-7-16(8-10-26)11-23-20(22-2)24-12-17-5-3-4-6-19(17)21/h3-6,14,16H,7-13H2,1-2H3,(H2,22,23,24). The van der Waals surface area contributed by atoms with Gasteiger partial charge in [-0.05, 0) is 50.4 Å². The highest BCUT2D eigenvalue weighted by Gasteiger charge is 2.20. The van der Waals surface area contributed by atoms with Crippen LogP contribution in [0.5, 0.6) is 0 Å². The van der Waals surface area contributed by atoms with Crippen LogP contribution >= 0.6 is 22.9 Å². The number of hydrogen-bond acceptors (Lipinski definition) is 4. The van der Waals surface area contributed by atoms with Crippen LogP contribution in [0.4, 0.5) is 0 Å². The predicted octanol–water partition coefficient (Wildman–Crippen LogP) is 3.68. The van der Waals surface area contributed by atoms with Crippen molar-refractivity contribution in [3.63, 3.8) is 0 Å². The minimum atomic E-state index is 0.671. The van der Waals surface area contributed by atoms with Crippen molar-refractivity contribution in [2.24, 2.45) is 10.9 Å². The van der Waals surface area contributed by atoms with E-state index in [1.54, 1.807) is 18.4 Å². The molecular weight excluding hydrogens is 378 g/mol. The molecule has 3 rings (SSSR count). The van der Waals surface area contributed by atoms with Gasteiger partial charge in [0.05, 0.1) is 10.7 Å². The SMILES string of the molecule is CN=C(NCc1ccccc1Cl)NCC1CCN(Cc2csc(C)n2)CC1. The van der Waals surface area contributed by atoms with E-state index >= 15 is 0 Å². The Morgan fingerprint density at radius 2 is 2.07 bits per heavy atom. The lowest BCUT2D eigenvalue weighted by molar-refractivity contribution is 0.176. The third-order valence-corrected chi connectivity index (χ3v) is 6.14. The molecule has 1 aliphatic rings. The largest absolute Gasteiger partial charge is 0.356 e. The molecule has 0 bridgehead atoms. The van der Waals surface area contributed by atoms with Crippen LogP contribution in [0.1, 0.15) is 29.1 Å². The first-order valence-electron chi connectivity index (χ1n) is 9.45. The number of hydrogen-bond donors (Lipinski definition) is 2. The number of aromatic nitrogens is 1. The number of likely N-dealkylation sites (tertiary alicyclic amines) is 1. The van der Waals surface area contributed by atoms with Crippen LogP contribution in [0.3, 0.4) is 0 Å². The molecule has 0 amide bonds. The van der Waals surface area contributed by atoms with E-state index in [4.69, 9.17) is 11.6 Å². The summed E-state index contributed by atoms with van der Waals surface area (Å²) >= 11 is 7.95. The molecule has 0 saturated carbocycles. The zero-order chi connectivity index (χ0) is 19.1. The molecule has 2 heterocycles. The van der Waals surface area contributed by atoms with Crippen molar-refractivity contribution >= 4 is 28.9 Å². The summed E-state index contributed by atoms with van der Waals surface area (Å²) in [6.45, 7) is 6.93.